The number of esters is 1. The fourth-order valence-electron chi connectivity index (χ4n) is 1.65. The molecule has 0 saturated heterocycles. The fraction of sp³-hybridized carbons (Fsp3) is 0.417. The van der Waals surface area contributed by atoms with Crippen LogP contribution in [0.3, 0.4) is 0 Å². The van der Waals surface area contributed by atoms with Crippen LogP contribution < -0.4 is 5.32 Å². The second kappa shape index (κ2) is 6.44. The van der Waals surface area contributed by atoms with E-state index < -0.39 is 0 Å². The SMILES string of the molecule is CCOC(=O)c1csc2ncnc(NCCCO)c12. The van der Waals surface area contributed by atoms with Crippen LogP contribution in [0.2, 0.25) is 0 Å². The molecule has 0 unspecified atom stereocenters. The molecule has 0 radical (unpaired) electrons. The molecule has 102 valence electrons. The maximum Gasteiger partial charge on any atom is 0.339 e. The van der Waals surface area contributed by atoms with Gasteiger partial charge in [-0.15, -0.1) is 11.3 Å². The van der Waals surface area contributed by atoms with Crippen LogP contribution in [-0.4, -0.2) is 40.8 Å². The van der Waals surface area contributed by atoms with Gasteiger partial charge in [0.05, 0.1) is 17.6 Å². The van der Waals surface area contributed by atoms with Gasteiger partial charge in [-0.1, -0.05) is 0 Å². The maximum absolute atomic E-state index is 11.9. The van der Waals surface area contributed by atoms with Gasteiger partial charge in [0.25, 0.3) is 0 Å². The van der Waals surface area contributed by atoms with E-state index in [9.17, 15) is 4.79 Å². The average molecular weight is 281 g/mol. The van der Waals surface area contributed by atoms with Crippen LogP contribution in [0, 0.1) is 0 Å². The van der Waals surface area contributed by atoms with E-state index in [1.807, 2.05) is 0 Å². The first-order valence-electron chi connectivity index (χ1n) is 6.02. The Bertz CT molecular complexity index is 570. The first-order chi connectivity index (χ1) is 9.27. The summed E-state index contributed by atoms with van der Waals surface area (Å²) in [6, 6.07) is 0. The molecule has 2 aromatic heterocycles. The normalized spacial score (nSPS) is 10.6. The van der Waals surface area contributed by atoms with Gasteiger partial charge in [0.15, 0.2) is 0 Å². The van der Waals surface area contributed by atoms with Crippen LogP contribution in [0.1, 0.15) is 23.7 Å². The largest absolute Gasteiger partial charge is 0.462 e. The molecule has 0 aliphatic carbocycles. The molecule has 2 N–H and O–H groups in total. The number of carbonyl (C=O) groups is 1. The molecule has 0 fully saturated rings. The van der Waals surface area contributed by atoms with Crippen molar-refractivity contribution in [1.82, 2.24) is 9.97 Å². The number of nitrogens with zero attached hydrogens (tertiary/aromatic N) is 2. The lowest BCUT2D eigenvalue weighted by molar-refractivity contribution is 0.0529. The highest BCUT2D eigenvalue weighted by Crippen LogP contribution is 2.29. The lowest BCUT2D eigenvalue weighted by atomic mass is 10.2. The van der Waals surface area contributed by atoms with E-state index in [4.69, 9.17) is 9.84 Å². The highest BCUT2D eigenvalue weighted by molar-refractivity contribution is 7.17. The Hall–Kier alpha value is -1.73. The molecule has 2 heterocycles. The van der Waals surface area contributed by atoms with Crippen LogP contribution in [0.4, 0.5) is 5.82 Å². The summed E-state index contributed by atoms with van der Waals surface area (Å²) in [5.41, 5.74) is 0.481. The third-order valence-electron chi connectivity index (χ3n) is 2.49. The van der Waals surface area contributed by atoms with Gasteiger partial charge >= 0.3 is 5.97 Å². The first-order valence-corrected chi connectivity index (χ1v) is 6.90. The van der Waals surface area contributed by atoms with E-state index in [2.05, 4.69) is 15.3 Å². The van der Waals surface area contributed by atoms with Crippen molar-refractivity contribution in [2.24, 2.45) is 0 Å². The van der Waals surface area contributed by atoms with E-state index >= 15 is 0 Å². The van der Waals surface area contributed by atoms with Crippen LogP contribution in [-0.2, 0) is 4.74 Å². The fourth-order valence-corrected chi connectivity index (χ4v) is 2.53. The maximum atomic E-state index is 11.9. The van der Waals surface area contributed by atoms with Gasteiger partial charge < -0.3 is 15.2 Å². The van der Waals surface area contributed by atoms with Crippen molar-refractivity contribution in [2.75, 3.05) is 25.1 Å². The van der Waals surface area contributed by atoms with Crippen LogP contribution in [0.25, 0.3) is 10.2 Å². The number of ether oxygens (including phenoxy) is 1. The first kappa shape index (κ1) is 13.7. The van der Waals surface area contributed by atoms with Crippen molar-refractivity contribution in [3.05, 3.63) is 17.3 Å². The third kappa shape index (κ3) is 2.99. The Labute approximate surface area is 114 Å². The smallest absolute Gasteiger partial charge is 0.339 e. The number of hydrogen-bond donors (Lipinski definition) is 2. The summed E-state index contributed by atoms with van der Waals surface area (Å²) in [6.45, 7) is 2.79. The molecule has 0 aliphatic rings. The Morgan fingerprint density at radius 1 is 1.53 bits per heavy atom. The molecular weight excluding hydrogens is 266 g/mol. The second-order valence-electron chi connectivity index (χ2n) is 3.78. The van der Waals surface area contributed by atoms with Crippen LogP contribution in [0.5, 0.6) is 0 Å². The van der Waals surface area contributed by atoms with E-state index in [0.29, 0.717) is 36.3 Å². The predicted octanol–water partition coefficient (Wildman–Crippen LogP) is 1.66. The molecular formula is C12H15N3O3S. The van der Waals surface area contributed by atoms with Crippen molar-refractivity contribution in [3.63, 3.8) is 0 Å². The molecule has 19 heavy (non-hydrogen) atoms. The summed E-state index contributed by atoms with van der Waals surface area (Å²) in [5, 5.41) is 14.3. The zero-order valence-corrected chi connectivity index (χ0v) is 11.4. The number of aromatic nitrogens is 2. The number of nitrogens with one attached hydrogen (secondary N) is 1. The molecule has 0 aromatic carbocycles. The third-order valence-corrected chi connectivity index (χ3v) is 3.38. The molecule has 6 nitrogen and oxygen atoms in total. The van der Waals surface area contributed by atoms with Crippen LogP contribution in [0.15, 0.2) is 11.7 Å². The highest BCUT2D eigenvalue weighted by Gasteiger charge is 2.17. The minimum absolute atomic E-state index is 0.107. The van der Waals surface area contributed by atoms with Crippen molar-refractivity contribution in [2.45, 2.75) is 13.3 Å². The Morgan fingerprint density at radius 2 is 2.37 bits per heavy atom. The van der Waals surface area contributed by atoms with Crippen molar-refractivity contribution >= 4 is 33.3 Å². The molecule has 0 aliphatic heterocycles. The van der Waals surface area contributed by atoms with E-state index in [0.717, 1.165) is 4.83 Å². The van der Waals surface area contributed by atoms with Crippen molar-refractivity contribution in [1.29, 1.82) is 0 Å². The van der Waals surface area contributed by atoms with Crippen molar-refractivity contribution < 1.29 is 14.6 Å². The molecule has 7 heteroatoms. The number of thiophene rings is 1. The zero-order chi connectivity index (χ0) is 13.7. The minimum Gasteiger partial charge on any atom is -0.462 e. The average Bonchev–Trinajstić information content (AvgIpc) is 2.84. The molecule has 0 saturated carbocycles. The molecule has 0 bridgehead atoms. The van der Waals surface area contributed by atoms with E-state index in [-0.39, 0.29) is 12.6 Å². The second-order valence-corrected chi connectivity index (χ2v) is 4.63. The minimum atomic E-state index is -0.367. The van der Waals surface area contributed by atoms with Gasteiger partial charge in [0.1, 0.15) is 17.0 Å². The lowest BCUT2D eigenvalue weighted by Gasteiger charge is -2.07. The summed E-state index contributed by atoms with van der Waals surface area (Å²) in [5.74, 6) is 0.233. The highest BCUT2D eigenvalue weighted by atomic mass is 32.1. The number of rotatable bonds is 6. The molecule has 0 atom stereocenters. The van der Waals surface area contributed by atoms with Crippen molar-refractivity contribution in [3.8, 4) is 0 Å². The molecule has 2 rings (SSSR count). The quantitative estimate of drug-likeness (QED) is 0.619. The standard InChI is InChI=1S/C12H15N3O3S/c1-2-18-12(17)8-6-19-11-9(8)10(14-7-15-11)13-4-3-5-16/h6-7,16H,2-5H2,1H3,(H,13,14,15). The number of fused-ring (bicyclic) bond motifs is 1. The monoisotopic (exact) mass is 281 g/mol. The van der Waals surface area contributed by atoms with E-state index in [1.54, 1.807) is 12.3 Å². The summed E-state index contributed by atoms with van der Waals surface area (Å²) < 4.78 is 5.02. The van der Waals surface area contributed by atoms with Gasteiger partial charge in [-0.25, -0.2) is 14.8 Å². The summed E-state index contributed by atoms with van der Waals surface area (Å²) in [7, 11) is 0. The number of hydrogen-bond acceptors (Lipinski definition) is 7. The van der Waals surface area contributed by atoms with Gasteiger partial charge in [-0.2, -0.15) is 0 Å². The molecule has 0 amide bonds. The number of aliphatic hydroxyl groups is 1. The Morgan fingerprint density at radius 3 is 3.11 bits per heavy atom. The Balaban J connectivity index is 2.34. The van der Waals surface area contributed by atoms with Gasteiger partial charge in [-0.3, -0.25) is 0 Å². The molecule has 2 aromatic rings. The zero-order valence-electron chi connectivity index (χ0n) is 10.5. The van der Waals surface area contributed by atoms with Gasteiger partial charge in [0.2, 0.25) is 0 Å². The van der Waals surface area contributed by atoms with Gasteiger partial charge in [0, 0.05) is 18.5 Å². The topological polar surface area (TPSA) is 84.3 Å². The predicted molar refractivity (Wildman–Crippen MR) is 73.6 cm³/mol. The number of carbonyl (C=O) groups excluding carboxylic acids is 1. The summed E-state index contributed by atoms with van der Waals surface area (Å²) in [4.78, 5) is 20.9. The van der Waals surface area contributed by atoms with Crippen LogP contribution >= 0.6 is 11.3 Å². The number of anilines is 1. The lowest BCUT2D eigenvalue weighted by Crippen LogP contribution is -2.08. The Kier molecular flexibility index (Phi) is 4.64. The molecule has 0 spiro atoms. The summed E-state index contributed by atoms with van der Waals surface area (Å²) >= 11 is 1.38. The van der Waals surface area contributed by atoms with Gasteiger partial charge in [-0.05, 0) is 13.3 Å². The summed E-state index contributed by atoms with van der Waals surface area (Å²) in [6.07, 6.45) is 2.07. The number of aliphatic hydroxyl groups excluding tert-OH is 1. The van der Waals surface area contributed by atoms with E-state index in [1.165, 1.54) is 17.7 Å².